The highest BCUT2D eigenvalue weighted by Crippen LogP contribution is 2.35. The van der Waals surface area contributed by atoms with Gasteiger partial charge in [0.2, 0.25) is 0 Å². The maximum atomic E-state index is 5.77. The molecule has 0 spiro atoms. The van der Waals surface area contributed by atoms with Crippen molar-refractivity contribution in [3.05, 3.63) is 35.6 Å². The van der Waals surface area contributed by atoms with Crippen molar-refractivity contribution in [1.29, 1.82) is 0 Å². The van der Waals surface area contributed by atoms with Crippen molar-refractivity contribution in [3.8, 4) is 0 Å². The Hall–Kier alpha value is -0.650. The lowest BCUT2D eigenvalue weighted by Gasteiger charge is -1.97. The molecule has 14 heavy (non-hydrogen) atoms. The van der Waals surface area contributed by atoms with Gasteiger partial charge in [0.05, 0.1) is 0 Å². The SMILES string of the molecule is Clc1ccc(SSc2ncn[nH]2)cc1. The van der Waals surface area contributed by atoms with Gasteiger partial charge in [-0.25, -0.2) is 4.98 Å². The van der Waals surface area contributed by atoms with Gasteiger partial charge < -0.3 is 0 Å². The average molecular weight is 244 g/mol. The number of hydrogen-bond donors (Lipinski definition) is 1. The fraction of sp³-hybridized carbons (Fsp3) is 0. The zero-order valence-corrected chi connectivity index (χ0v) is 9.36. The zero-order chi connectivity index (χ0) is 9.80. The fourth-order valence-electron chi connectivity index (χ4n) is 0.812. The van der Waals surface area contributed by atoms with Gasteiger partial charge in [-0.3, -0.25) is 5.10 Å². The van der Waals surface area contributed by atoms with Gasteiger partial charge in [0.25, 0.3) is 0 Å². The summed E-state index contributed by atoms with van der Waals surface area (Å²) in [6, 6.07) is 7.67. The van der Waals surface area contributed by atoms with Crippen LogP contribution in [0.25, 0.3) is 0 Å². The third-order valence-electron chi connectivity index (χ3n) is 1.42. The highest BCUT2D eigenvalue weighted by molar-refractivity contribution is 8.76. The van der Waals surface area contributed by atoms with Crippen LogP contribution in [0.4, 0.5) is 0 Å². The van der Waals surface area contributed by atoms with E-state index in [2.05, 4.69) is 15.2 Å². The molecule has 0 fully saturated rings. The number of benzene rings is 1. The molecule has 3 nitrogen and oxygen atoms in total. The predicted octanol–water partition coefficient (Wildman–Crippen LogP) is 3.26. The Balaban J connectivity index is 1.95. The normalized spacial score (nSPS) is 10.4. The van der Waals surface area contributed by atoms with E-state index in [4.69, 9.17) is 11.6 Å². The second kappa shape index (κ2) is 4.72. The van der Waals surface area contributed by atoms with E-state index in [0.29, 0.717) is 0 Å². The number of aromatic nitrogens is 3. The van der Waals surface area contributed by atoms with Crippen LogP contribution >= 0.6 is 33.2 Å². The standard InChI is InChI=1S/C8H6ClN3S2/c9-6-1-3-7(4-2-6)13-14-8-10-5-11-12-8/h1-5H,(H,10,11,12). The zero-order valence-electron chi connectivity index (χ0n) is 6.98. The third kappa shape index (κ3) is 2.67. The number of H-pyrrole nitrogens is 1. The minimum atomic E-state index is 0.749. The summed E-state index contributed by atoms with van der Waals surface area (Å²) in [5.74, 6) is 0. The molecule has 1 aromatic heterocycles. The molecule has 0 unspecified atom stereocenters. The monoisotopic (exact) mass is 243 g/mol. The van der Waals surface area contributed by atoms with Crippen molar-refractivity contribution in [2.45, 2.75) is 10.1 Å². The minimum Gasteiger partial charge on any atom is -0.254 e. The largest absolute Gasteiger partial charge is 0.254 e. The summed E-state index contributed by atoms with van der Waals surface area (Å²) >= 11 is 5.77. The fourth-order valence-corrected chi connectivity index (χ4v) is 2.64. The lowest BCUT2D eigenvalue weighted by atomic mass is 10.4. The van der Waals surface area contributed by atoms with Crippen LogP contribution in [0.15, 0.2) is 40.6 Å². The number of aromatic amines is 1. The maximum absolute atomic E-state index is 5.77. The van der Waals surface area contributed by atoms with Gasteiger partial charge >= 0.3 is 0 Å². The Bertz CT molecular complexity index is 387. The molecule has 2 rings (SSSR count). The van der Waals surface area contributed by atoms with Crippen molar-refractivity contribution in [2.75, 3.05) is 0 Å². The second-order valence-electron chi connectivity index (χ2n) is 2.41. The molecule has 1 aromatic carbocycles. The van der Waals surface area contributed by atoms with E-state index < -0.39 is 0 Å². The molecule has 2 aromatic rings. The van der Waals surface area contributed by atoms with Gasteiger partial charge in [-0.05, 0) is 45.9 Å². The molecule has 0 bridgehead atoms. The molecule has 0 radical (unpaired) electrons. The van der Waals surface area contributed by atoms with Crippen molar-refractivity contribution < 1.29 is 0 Å². The predicted molar refractivity (Wildman–Crippen MR) is 59.5 cm³/mol. The Morgan fingerprint density at radius 2 is 1.93 bits per heavy atom. The molecule has 0 saturated carbocycles. The quantitative estimate of drug-likeness (QED) is 0.841. The van der Waals surface area contributed by atoms with E-state index in [1.807, 2.05) is 24.3 Å². The van der Waals surface area contributed by atoms with E-state index in [1.165, 1.54) is 17.1 Å². The number of hydrogen-bond acceptors (Lipinski definition) is 4. The number of rotatable bonds is 3. The van der Waals surface area contributed by atoms with Crippen LogP contribution in [-0.2, 0) is 0 Å². The smallest absolute Gasteiger partial charge is 0.194 e. The highest BCUT2D eigenvalue weighted by atomic mass is 35.5. The van der Waals surface area contributed by atoms with Crippen LogP contribution in [0.3, 0.4) is 0 Å². The van der Waals surface area contributed by atoms with Crippen molar-refractivity contribution in [3.63, 3.8) is 0 Å². The lowest BCUT2D eigenvalue weighted by molar-refractivity contribution is 0.979. The summed E-state index contributed by atoms with van der Waals surface area (Å²) in [4.78, 5) is 5.13. The van der Waals surface area contributed by atoms with E-state index in [0.717, 1.165) is 15.1 Å². The first-order valence-electron chi connectivity index (χ1n) is 3.80. The summed E-state index contributed by atoms with van der Waals surface area (Å²) in [5.41, 5.74) is 0. The molecule has 1 N–H and O–H groups in total. The van der Waals surface area contributed by atoms with Gasteiger partial charge in [-0.2, -0.15) is 5.10 Å². The van der Waals surface area contributed by atoms with Crippen molar-refractivity contribution in [2.24, 2.45) is 0 Å². The first kappa shape index (κ1) is 9.89. The molecule has 0 atom stereocenters. The van der Waals surface area contributed by atoms with Gasteiger partial charge in [0.15, 0.2) is 5.16 Å². The van der Waals surface area contributed by atoms with E-state index in [-0.39, 0.29) is 0 Å². The van der Waals surface area contributed by atoms with Crippen LogP contribution in [-0.4, -0.2) is 15.2 Å². The highest BCUT2D eigenvalue weighted by Gasteiger charge is 1.99. The Morgan fingerprint density at radius 1 is 1.14 bits per heavy atom. The van der Waals surface area contributed by atoms with Crippen molar-refractivity contribution in [1.82, 2.24) is 15.2 Å². The topological polar surface area (TPSA) is 41.6 Å². The minimum absolute atomic E-state index is 0.749. The van der Waals surface area contributed by atoms with Gasteiger partial charge in [-0.15, -0.1) is 0 Å². The maximum Gasteiger partial charge on any atom is 0.194 e. The number of nitrogens with zero attached hydrogens (tertiary/aromatic N) is 2. The lowest BCUT2D eigenvalue weighted by Crippen LogP contribution is -1.71. The summed E-state index contributed by atoms with van der Waals surface area (Å²) in [6.07, 6.45) is 1.49. The Labute approximate surface area is 94.1 Å². The Kier molecular flexibility index (Phi) is 3.34. The molecule has 0 aliphatic rings. The van der Waals surface area contributed by atoms with E-state index >= 15 is 0 Å². The molecule has 0 amide bonds. The number of halogens is 1. The average Bonchev–Trinajstić information content (AvgIpc) is 2.70. The molecule has 72 valence electrons. The van der Waals surface area contributed by atoms with Gasteiger partial charge in [0, 0.05) is 9.92 Å². The number of nitrogens with one attached hydrogen (secondary N) is 1. The molecule has 0 saturated heterocycles. The second-order valence-corrected chi connectivity index (χ2v) is 5.04. The van der Waals surface area contributed by atoms with Gasteiger partial charge in [0.1, 0.15) is 6.33 Å². The van der Waals surface area contributed by atoms with Crippen LogP contribution in [0.2, 0.25) is 5.02 Å². The summed E-state index contributed by atoms with van der Waals surface area (Å²) in [5, 5.41) is 8.08. The van der Waals surface area contributed by atoms with Crippen LogP contribution in [0.1, 0.15) is 0 Å². The summed E-state index contributed by atoms with van der Waals surface area (Å²) in [7, 11) is 3.14. The van der Waals surface area contributed by atoms with Crippen LogP contribution in [0.5, 0.6) is 0 Å². The molecular formula is C8H6ClN3S2. The molecule has 0 aliphatic heterocycles. The van der Waals surface area contributed by atoms with E-state index in [1.54, 1.807) is 10.8 Å². The first-order valence-corrected chi connectivity index (χ1v) is 6.33. The first-order chi connectivity index (χ1) is 6.84. The summed E-state index contributed by atoms with van der Waals surface area (Å²) < 4.78 is 0. The molecule has 6 heteroatoms. The summed E-state index contributed by atoms with van der Waals surface area (Å²) in [6.45, 7) is 0. The molecule has 0 aliphatic carbocycles. The molecule has 1 heterocycles. The van der Waals surface area contributed by atoms with Crippen LogP contribution < -0.4 is 0 Å². The molecular weight excluding hydrogens is 238 g/mol. The van der Waals surface area contributed by atoms with E-state index in [9.17, 15) is 0 Å². The van der Waals surface area contributed by atoms with Gasteiger partial charge in [-0.1, -0.05) is 11.6 Å². The Morgan fingerprint density at radius 3 is 2.57 bits per heavy atom. The van der Waals surface area contributed by atoms with Crippen LogP contribution in [0, 0.1) is 0 Å². The van der Waals surface area contributed by atoms with Crippen molar-refractivity contribution >= 4 is 33.2 Å². The third-order valence-corrected chi connectivity index (χ3v) is 3.88.